The van der Waals surface area contributed by atoms with E-state index in [9.17, 15) is 4.79 Å². The van der Waals surface area contributed by atoms with Crippen molar-refractivity contribution in [3.63, 3.8) is 0 Å². The lowest BCUT2D eigenvalue weighted by Gasteiger charge is -2.30. The Kier molecular flexibility index (Phi) is 4.03. The Bertz CT molecular complexity index is 507. The second-order valence-electron chi connectivity index (χ2n) is 4.70. The van der Waals surface area contributed by atoms with Crippen molar-refractivity contribution >= 4 is 21.8 Å². The predicted molar refractivity (Wildman–Crippen MR) is 73.1 cm³/mol. The second-order valence-corrected chi connectivity index (χ2v) is 5.56. The van der Waals surface area contributed by atoms with E-state index >= 15 is 0 Å². The highest BCUT2D eigenvalue weighted by atomic mass is 79.9. The van der Waals surface area contributed by atoms with Gasteiger partial charge in [0.25, 0.3) is 5.91 Å². The minimum atomic E-state index is -0.0220. The molecular weight excluding hydrogens is 292 g/mol. The average Bonchev–Trinajstić information content (AvgIpc) is 2.41. The first-order valence-corrected chi connectivity index (χ1v) is 6.86. The normalized spacial score (nSPS) is 19.4. The van der Waals surface area contributed by atoms with Gasteiger partial charge in [-0.05, 0) is 47.8 Å². The van der Waals surface area contributed by atoms with E-state index < -0.39 is 0 Å². The van der Waals surface area contributed by atoms with Crippen molar-refractivity contribution in [2.45, 2.75) is 19.8 Å². The van der Waals surface area contributed by atoms with Crippen LogP contribution in [-0.2, 0) is 0 Å². The Morgan fingerprint density at radius 1 is 1.56 bits per heavy atom. The predicted octanol–water partition coefficient (Wildman–Crippen LogP) is 3.13. The number of nitriles is 1. The lowest BCUT2D eigenvalue weighted by molar-refractivity contribution is 0.0698. The number of benzene rings is 1. The summed E-state index contributed by atoms with van der Waals surface area (Å²) in [4.78, 5) is 14.2. The number of carbonyl (C=O) groups is 1. The Morgan fingerprint density at radius 3 is 3.06 bits per heavy atom. The van der Waals surface area contributed by atoms with Crippen molar-refractivity contribution < 1.29 is 4.79 Å². The van der Waals surface area contributed by atoms with E-state index in [-0.39, 0.29) is 11.8 Å². The standard InChI is InChI=1S/C14H15BrN2O/c1-10-4-5-13(15)12(7-10)14(18)17-6-2-3-11(8-16)9-17/h4-5,7,11H,2-3,6,9H2,1H3. The van der Waals surface area contributed by atoms with Gasteiger partial charge in [0.05, 0.1) is 17.6 Å². The van der Waals surface area contributed by atoms with E-state index in [0.29, 0.717) is 12.1 Å². The molecule has 1 atom stereocenters. The van der Waals surface area contributed by atoms with Gasteiger partial charge in [0.2, 0.25) is 0 Å². The van der Waals surface area contributed by atoms with E-state index in [1.54, 1.807) is 4.90 Å². The Morgan fingerprint density at radius 2 is 2.33 bits per heavy atom. The first-order chi connectivity index (χ1) is 8.61. The molecule has 3 nitrogen and oxygen atoms in total. The molecule has 0 aliphatic carbocycles. The summed E-state index contributed by atoms with van der Waals surface area (Å²) in [6.07, 6.45) is 1.81. The third-order valence-electron chi connectivity index (χ3n) is 3.24. The molecule has 1 heterocycles. The highest BCUT2D eigenvalue weighted by molar-refractivity contribution is 9.10. The lowest BCUT2D eigenvalue weighted by atomic mass is 9.99. The van der Waals surface area contributed by atoms with Gasteiger partial charge in [0.15, 0.2) is 0 Å². The quantitative estimate of drug-likeness (QED) is 0.800. The molecule has 0 radical (unpaired) electrons. The summed E-state index contributed by atoms with van der Waals surface area (Å²) >= 11 is 3.42. The molecule has 0 spiro atoms. The third-order valence-corrected chi connectivity index (χ3v) is 3.93. The van der Waals surface area contributed by atoms with Gasteiger partial charge in [0, 0.05) is 17.6 Å². The SMILES string of the molecule is Cc1ccc(Br)c(C(=O)N2CCCC(C#N)C2)c1. The minimum Gasteiger partial charge on any atom is -0.337 e. The zero-order valence-electron chi connectivity index (χ0n) is 10.3. The van der Waals surface area contributed by atoms with Gasteiger partial charge in [-0.15, -0.1) is 0 Å². The summed E-state index contributed by atoms with van der Waals surface area (Å²) in [5, 5.41) is 8.96. The molecule has 2 rings (SSSR count). The van der Waals surface area contributed by atoms with Crippen LogP contribution < -0.4 is 0 Å². The summed E-state index contributed by atoms with van der Waals surface area (Å²) in [5.41, 5.74) is 1.75. The van der Waals surface area contributed by atoms with Crippen LogP contribution in [-0.4, -0.2) is 23.9 Å². The molecule has 0 bridgehead atoms. The molecule has 0 saturated carbocycles. The first kappa shape index (κ1) is 13.1. The number of aryl methyl sites for hydroxylation is 1. The maximum atomic E-state index is 12.4. The lowest BCUT2D eigenvalue weighted by Crippen LogP contribution is -2.39. The monoisotopic (exact) mass is 306 g/mol. The van der Waals surface area contributed by atoms with Crippen LogP contribution in [0.25, 0.3) is 0 Å². The van der Waals surface area contributed by atoms with Gasteiger partial charge in [-0.2, -0.15) is 5.26 Å². The number of amides is 1. The molecule has 1 aliphatic rings. The van der Waals surface area contributed by atoms with Gasteiger partial charge in [-0.25, -0.2) is 0 Å². The average molecular weight is 307 g/mol. The summed E-state index contributed by atoms with van der Waals surface area (Å²) < 4.78 is 0.817. The number of rotatable bonds is 1. The van der Waals surface area contributed by atoms with Crippen LogP contribution in [0, 0.1) is 24.2 Å². The van der Waals surface area contributed by atoms with Crippen molar-refractivity contribution in [1.82, 2.24) is 4.90 Å². The molecule has 1 amide bonds. The molecule has 0 N–H and O–H groups in total. The maximum absolute atomic E-state index is 12.4. The number of hydrogen-bond donors (Lipinski definition) is 0. The fourth-order valence-corrected chi connectivity index (χ4v) is 2.66. The molecule has 94 valence electrons. The topological polar surface area (TPSA) is 44.1 Å². The third kappa shape index (κ3) is 2.73. The van der Waals surface area contributed by atoms with E-state index in [1.807, 2.05) is 25.1 Å². The van der Waals surface area contributed by atoms with Crippen LogP contribution in [0.2, 0.25) is 0 Å². The molecule has 0 aromatic heterocycles. The fourth-order valence-electron chi connectivity index (χ4n) is 2.24. The van der Waals surface area contributed by atoms with Crippen molar-refractivity contribution in [3.8, 4) is 6.07 Å². The van der Waals surface area contributed by atoms with Crippen molar-refractivity contribution in [1.29, 1.82) is 5.26 Å². The van der Waals surface area contributed by atoms with Crippen LogP contribution in [0.4, 0.5) is 0 Å². The first-order valence-electron chi connectivity index (χ1n) is 6.07. The maximum Gasteiger partial charge on any atom is 0.255 e. The van der Waals surface area contributed by atoms with Crippen molar-refractivity contribution in [2.75, 3.05) is 13.1 Å². The Labute approximate surface area is 116 Å². The van der Waals surface area contributed by atoms with E-state index in [2.05, 4.69) is 22.0 Å². The largest absolute Gasteiger partial charge is 0.337 e. The summed E-state index contributed by atoms with van der Waals surface area (Å²) in [6, 6.07) is 8.02. The summed E-state index contributed by atoms with van der Waals surface area (Å²) in [7, 11) is 0. The number of nitrogens with zero attached hydrogens (tertiary/aromatic N) is 2. The molecule has 1 aliphatic heterocycles. The van der Waals surface area contributed by atoms with Crippen molar-refractivity contribution in [2.24, 2.45) is 5.92 Å². The van der Waals surface area contributed by atoms with Gasteiger partial charge in [-0.3, -0.25) is 4.79 Å². The highest BCUT2D eigenvalue weighted by Gasteiger charge is 2.25. The van der Waals surface area contributed by atoms with Crippen molar-refractivity contribution in [3.05, 3.63) is 33.8 Å². The number of likely N-dealkylation sites (tertiary alicyclic amines) is 1. The number of hydrogen-bond acceptors (Lipinski definition) is 2. The van der Waals surface area contributed by atoms with Gasteiger partial charge in [0.1, 0.15) is 0 Å². The van der Waals surface area contributed by atoms with Crippen LogP contribution in [0.3, 0.4) is 0 Å². The van der Waals surface area contributed by atoms with E-state index in [4.69, 9.17) is 5.26 Å². The Hall–Kier alpha value is -1.34. The Balaban J connectivity index is 2.21. The number of halogens is 1. The van der Waals surface area contributed by atoms with Gasteiger partial charge in [-0.1, -0.05) is 11.6 Å². The van der Waals surface area contributed by atoms with Gasteiger partial charge < -0.3 is 4.90 Å². The number of piperidine rings is 1. The van der Waals surface area contributed by atoms with Crippen LogP contribution in [0.5, 0.6) is 0 Å². The van der Waals surface area contributed by atoms with E-state index in [1.165, 1.54) is 0 Å². The van der Waals surface area contributed by atoms with Crippen LogP contribution >= 0.6 is 15.9 Å². The molecule has 1 fully saturated rings. The fraction of sp³-hybridized carbons (Fsp3) is 0.429. The smallest absolute Gasteiger partial charge is 0.255 e. The van der Waals surface area contributed by atoms with E-state index in [0.717, 1.165) is 29.4 Å². The molecule has 1 unspecified atom stereocenters. The molecule has 18 heavy (non-hydrogen) atoms. The van der Waals surface area contributed by atoms with Crippen LogP contribution in [0.15, 0.2) is 22.7 Å². The number of carbonyl (C=O) groups excluding carboxylic acids is 1. The summed E-state index contributed by atoms with van der Waals surface area (Å²) in [5.74, 6) is -0.00295. The van der Waals surface area contributed by atoms with Crippen LogP contribution in [0.1, 0.15) is 28.8 Å². The molecule has 4 heteroatoms. The zero-order valence-corrected chi connectivity index (χ0v) is 11.9. The minimum absolute atomic E-state index is 0.0190. The zero-order chi connectivity index (χ0) is 13.1. The molecule has 1 saturated heterocycles. The second kappa shape index (κ2) is 5.53. The highest BCUT2D eigenvalue weighted by Crippen LogP contribution is 2.23. The summed E-state index contributed by atoms with van der Waals surface area (Å²) in [6.45, 7) is 3.27. The molecule has 1 aromatic carbocycles. The molecular formula is C14H15BrN2O. The molecule has 1 aromatic rings. The van der Waals surface area contributed by atoms with Gasteiger partial charge >= 0.3 is 0 Å².